The number of nitrogens with one attached hydrogen (secondary N) is 2. The van der Waals surface area contributed by atoms with Crippen LogP contribution in [0, 0.1) is 0 Å². The van der Waals surface area contributed by atoms with Gasteiger partial charge in [-0.2, -0.15) is 13.2 Å². The van der Waals surface area contributed by atoms with Crippen molar-refractivity contribution in [2.24, 2.45) is 0 Å². The van der Waals surface area contributed by atoms with E-state index < -0.39 is 23.7 Å². The van der Waals surface area contributed by atoms with Gasteiger partial charge in [0.2, 0.25) is 5.91 Å². The summed E-state index contributed by atoms with van der Waals surface area (Å²) >= 11 is 5.66. The molecule has 0 radical (unpaired) electrons. The quantitative estimate of drug-likeness (QED) is 0.560. The minimum absolute atomic E-state index is 0.0602. The molecule has 28 heavy (non-hydrogen) atoms. The van der Waals surface area contributed by atoms with Gasteiger partial charge in [0, 0.05) is 10.4 Å². The van der Waals surface area contributed by atoms with Crippen molar-refractivity contribution >= 4 is 34.2 Å². The largest absolute Gasteiger partial charge is 0.459 e. The summed E-state index contributed by atoms with van der Waals surface area (Å²) in [5, 5.41) is 6.22. The van der Waals surface area contributed by atoms with E-state index >= 15 is 0 Å². The van der Waals surface area contributed by atoms with Gasteiger partial charge in [-0.1, -0.05) is 29.8 Å². The van der Waals surface area contributed by atoms with Gasteiger partial charge in [0.1, 0.15) is 11.3 Å². The average molecular weight is 411 g/mol. The summed E-state index contributed by atoms with van der Waals surface area (Å²) in [7, 11) is 0. The fraction of sp³-hybridized carbons (Fsp3) is 0.250. The van der Waals surface area contributed by atoms with Crippen LogP contribution in [0.1, 0.15) is 31.2 Å². The highest BCUT2D eigenvalue weighted by Crippen LogP contribution is 2.36. The van der Waals surface area contributed by atoms with E-state index in [2.05, 4.69) is 10.6 Å². The Morgan fingerprint density at radius 1 is 1.11 bits per heavy atom. The van der Waals surface area contributed by atoms with Gasteiger partial charge in [-0.3, -0.25) is 10.1 Å². The molecule has 2 aromatic carbocycles. The summed E-state index contributed by atoms with van der Waals surface area (Å²) in [5.74, 6) is 0.0270. The van der Waals surface area contributed by atoms with E-state index in [0.717, 1.165) is 23.1 Å². The molecule has 1 amide bonds. The van der Waals surface area contributed by atoms with E-state index in [0.29, 0.717) is 5.76 Å². The van der Waals surface area contributed by atoms with Gasteiger partial charge in [-0.15, -0.1) is 0 Å². The molecule has 0 fully saturated rings. The molecule has 0 saturated heterocycles. The van der Waals surface area contributed by atoms with Gasteiger partial charge in [0.15, 0.2) is 0 Å². The number of anilines is 1. The zero-order valence-electron chi connectivity index (χ0n) is 15.1. The van der Waals surface area contributed by atoms with Gasteiger partial charge in [-0.05, 0) is 44.2 Å². The van der Waals surface area contributed by atoms with Crippen LogP contribution >= 0.6 is 11.6 Å². The predicted molar refractivity (Wildman–Crippen MR) is 102 cm³/mol. The van der Waals surface area contributed by atoms with Gasteiger partial charge < -0.3 is 9.73 Å². The summed E-state index contributed by atoms with van der Waals surface area (Å²) in [6.45, 7) is 3.38. The molecule has 2 atom stereocenters. The SMILES string of the molecule is CC(NC(C)c1cc2ccccc2o1)C(=O)Nc1ccc(Cl)cc1C(F)(F)F. The third-order valence-corrected chi connectivity index (χ3v) is 4.54. The number of amides is 1. The maximum absolute atomic E-state index is 13.2. The molecular formula is C20H18ClF3N2O2. The van der Waals surface area contributed by atoms with Gasteiger partial charge >= 0.3 is 6.18 Å². The first kappa shape index (κ1) is 20.2. The minimum Gasteiger partial charge on any atom is -0.459 e. The van der Waals surface area contributed by atoms with E-state index in [1.165, 1.54) is 6.07 Å². The second-order valence-electron chi connectivity index (χ2n) is 6.47. The smallest absolute Gasteiger partial charge is 0.418 e. The Balaban J connectivity index is 1.71. The van der Waals surface area contributed by atoms with Crippen molar-refractivity contribution in [3.8, 4) is 0 Å². The molecule has 0 bridgehead atoms. The van der Waals surface area contributed by atoms with Crippen molar-refractivity contribution in [3.05, 3.63) is 64.9 Å². The molecular weight excluding hydrogens is 393 g/mol. The fourth-order valence-electron chi connectivity index (χ4n) is 2.85. The average Bonchev–Trinajstić information content (AvgIpc) is 3.06. The number of furan rings is 1. The monoisotopic (exact) mass is 410 g/mol. The normalized spacial score (nSPS) is 14.1. The van der Waals surface area contributed by atoms with E-state index in [-0.39, 0.29) is 16.8 Å². The van der Waals surface area contributed by atoms with Crippen LogP contribution in [-0.4, -0.2) is 11.9 Å². The van der Waals surface area contributed by atoms with Crippen LogP contribution in [0.2, 0.25) is 5.02 Å². The lowest BCUT2D eigenvalue weighted by Crippen LogP contribution is -2.39. The summed E-state index contributed by atoms with van der Waals surface area (Å²) in [4.78, 5) is 12.4. The molecule has 8 heteroatoms. The van der Waals surface area contributed by atoms with Crippen LogP contribution in [0.25, 0.3) is 11.0 Å². The maximum Gasteiger partial charge on any atom is 0.418 e. The zero-order chi connectivity index (χ0) is 20.5. The second kappa shape index (κ2) is 7.85. The van der Waals surface area contributed by atoms with Crippen molar-refractivity contribution in [1.29, 1.82) is 0 Å². The van der Waals surface area contributed by atoms with Gasteiger partial charge in [0.25, 0.3) is 0 Å². The van der Waals surface area contributed by atoms with E-state index in [4.69, 9.17) is 16.0 Å². The Bertz CT molecular complexity index is 968. The third-order valence-electron chi connectivity index (χ3n) is 4.31. The summed E-state index contributed by atoms with van der Waals surface area (Å²) in [6, 6.07) is 11.5. The van der Waals surface area contributed by atoms with Crippen molar-refractivity contribution in [3.63, 3.8) is 0 Å². The van der Waals surface area contributed by atoms with Crippen molar-refractivity contribution in [1.82, 2.24) is 5.32 Å². The summed E-state index contributed by atoms with van der Waals surface area (Å²) in [6.07, 6.45) is -4.63. The molecule has 0 aliphatic heterocycles. The number of halogens is 4. The minimum atomic E-state index is -4.63. The highest BCUT2D eigenvalue weighted by Gasteiger charge is 2.34. The fourth-order valence-corrected chi connectivity index (χ4v) is 3.02. The van der Waals surface area contributed by atoms with Crippen LogP contribution in [-0.2, 0) is 11.0 Å². The first-order valence-corrected chi connectivity index (χ1v) is 8.95. The Morgan fingerprint density at radius 2 is 1.82 bits per heavy atom. The number of para-hydroxylation sites is 1. The highest BCUT2D eigenvalue weighted by molar-refractivity contribution is 6.30. The lowest BCUT2D eigenvalue weighted by Gasteiger charge is -2.20. The van der Waals surface area contributed by atoms with Crippen LogP contribution < -0.4 is 10.6 Å². The molecule has 0 spiro atoms. The molecule has 0 aliphatic carbocycles. The molecule has 148 valence electrons. The number of hydrogen-bond acceptors (Lipinski definition) is 3. The van der Waals surface area contributed by atoms with Crippen molar-refractivity contribution < 1.29 is 22.4 Å². The number of alkyl halides is 3. The lowest BCUT2D eigenvalue weighted by atomic mass is 10.1. The van der Waals surface area contributed by atoms with Crippen LogP contribution in [0.5, 0.6) is 0 Å². The summed E-state index contributed by atoms with van der Waals surface area (Å²) < 4.78 is 45.3. The van der Waals surface area contributed by atoms with E-state index in [1.54, 1.807) is 6.92 Å². The van der Waals surface area contributed by atoms with E-state index in [1.807, 2.05) is 37.3 Å². The first-order valence-electron chi connectivity index (χ1n) is 8.57. The summed E-state index contributed by atoms with van der Waals surface area (Å²) in [5.41, 5.74) is -0.614. The molecule has 3 aromatic rings. The molecule has 4 nitrogen and oxygen atoms in total. The number of benzene rings is 2. The number of hydrogen-bond donors (Lipinski definition) is 2. The third kappa shape index (κ3) is 4.48. The molecule has 2 unspecified atom stereocenters. The van der Waals surface area contributed by atoms with Crippen LogP contribution in [0.3, 0.4) is 0 Å². The molecule has 1 aromatic heterocycles. The van der Waals surface area contributed by atoms with Gasteiger partial charge in [0.05, 0.1) is 23.3 Å². The number of fused-ring (bicyclic) bond motifs is 1. The number of carbonyl (C=O) groups is 1. The molecule has 0 aliphatic rings. The lowest BCUT2D eigenvalue weighted by molar-refractivity contribution is -0.137. The topological polar surface area (TPSA) is 54.3 Å². The Kier molecular flexibility index (Phi) is 5.67. The standard InChI is InChI=1S/C20H18ClF3N2O2/c1-11(18-9-13-5-3-4-6-17(13)28-18)25-12(2)19(27)26-16-8-7-14(21)10-15(16)20(22,23)24/h3-12,25H,1-2H3,(H,26,27). The van der Waals surface area contributed by atoms with Crippen molar-refractivity contribution in [2.75, 3.05) is 5.32 Å². The zero-order valence-corrected chi connectivity index (χ0v) is 15.9. The molecule has 0 saturated carbocycles. The Hall–Kier alpha value is -2.51. The van der Waals surface area contributed by atoms with E-state index in [9.17, 15) is 18.0 Å². The van der Waals surface area contributed by atoms with Crippen LogP contribution in [0.4, 0.5) is 18.9 Å². The highest BCUT2D eigenvalue weighted by atomic mass is 35.5. The van der Waals surface area contributed by atoms with Crippen LogP contribution in [0.15, 0.2) is 52.9 Å². The molecule has 3 rings (SSSR count). The molecule has 1 heterocycles. The molecule has 2 N–H and O–H groups in total. The first-order chi connectivity index (χ1) is 13.1. The Labute approximate surface area is 164 Å². The maximum atomic E-state index is 13.2. The Morgan fingerprint density at radius 3 is 2.50 bits per heavy atom. The van der Waals surface area contributed by atoms with Gasteiger partial charge in [-0.25, -0.2) is 0 Å². The number of carbonyl (C=O) groups excluding carboxylic acids is 1. The predicted octanol–water partition coefficient (Wildman–Crippen LogP) is 5.78. The van der Waals surface area contributed by atoms with Crippen molar-refractivity contribution in [2.45, 2.75) is 32.1 Å². The number of rotatable bonds is 5. The second-order valence-corrected chi connectivity index (χ2v) is 6.91.